The van der Waals surface area contributed by atoms with Crippen LogP contribution in [0.25, 0.3) is 0 Å². The number of amidine groups is 1. The molecule has 8 heteroatoms. The lowest BCUT2D eigenvalue weighted by Gasteiger charge is -2.36. The third-order valence-corrected chi connectivity index (χ3v) is 3.99. The number of carbonyl (C=O) groups is 2. The van der Waals surface area contributed by atoms with Gasteiger partial charge in [-0.1, -0.05) is 13.8 Å². The van der Waals surface area contributed by atoms with Crippen molar-refractivity contribution < 1.29 is 24.6 Å². The molecule has 0 unspecified atom stereocenters. The maximum Gasteiger partial charge on any atom is 0.331 e. The van der Waals surface area contributed by atoms with Crippen molar-refractivity contribution in [2.45, 2.75) is 71.2 Å². The average molecular weight is 341 g/mol. The van der Waals surface area contributed by atoms with E-state index in [1.165, 1.54) is 6.92 Å². The van der Waals surface area contributed by atoms with Crippen molar-refractivity contribution in [1.29, 1.82) is 0 Å². The van der Waals surface area contributed by atoms with Gasteiger partial charge in [0.25, 0.3) is 0 Å². The molecule has 0 saturated carbocycles. The fourth-order valence-corrected chi connectivity index (χ4v) is 2.74. The first-order chi connectivity index (χ1) is 11.3. The zero-order valence-corrected chi connectivity index (χ0v) is 14.6. The molecular formula is C16H27N3O5. The van der Waals surface area contributed by atoms with Crippen molar-refractivity contribution in [3.05, 3.63) is 11.6 Å². The van der Waals surface area contributed by atoms with Gasteiger partial charge in [0.2, 0.25) is 5.91 Å². The molecule has 3 atom stereocenters. The third-order valence-electron chi connectivity index (χ3n) is 3.99. The van der Waals surface area contributed by atoms with Crippen molar-refractivity contribution in [2.75, 3.05) is 0 Å². The molecule has 0 bridgehead atoms. The fraction of sp³-hybridized carbons (Fsp3) is 0.688. The monoisotopic (exact) mass is 341 g/mol. The highest BCUT2D eigenvalue weighted by Crippen LogP contribution is 2.26. The number of nitrogens with zero attached hydrogens (tertiary/aromatic N) is 1. The van der Waals surface area contributed by atoms with Crippen LogP contribution in [0.4, 0.5) is 0 Å². The summed E-state index contributed by atoms with van der Waals surface area (Å²) >= 11 is 0. The van der Waals surface area contributed by atoms with Crippen molar-refractivity contribution >= 4 is 17.7 Å². The molecule has 0 aliphatic heterocycles. The van der Waals surface area contributed by atoms with E-state index >= 15 is 0 Å². The summed E-state index contributed by atoms with van der Waals surface area (Å²) < 4.78 is 6.02. The second-order valence-electron chi connectivity index (χ2n) is 5.86. The second kappa shape index (κ2) is 9.39. The van der Waals surface area contributed by atoms with Gasteiger partial charge in [-0.25, -0.2) is 4.79 Å². The Morgan fingerprint density at radius 2 is 2.00 bits per heavy atom. The number of aliphatic carboxylic acids is 1. The number of ether oxygens (including phenoxy) is 1. The van der Waals surface area contributed by atoms with Crippen LogP contribution in [0.15, 0.2) is 16.6 Å². The molecule has 0 heterocycles. The largest absolute Gasteiger partial charge is 0.478 e. The minimum absolute atomic E-state index is 0.0441. The Labute approximate surface area is 141 Å². The first-order valence-corrected chi connectivity index (χ1v) is 8.13. The Kier molecular flexibility index (Phi) is 7.87. The number of aliphatic imine (C=N–C) groups is 1. The van der Waals surface area contributed by atoms with Crippen molar-refractivity contribution in [1.82, 2.24) is 10.8 Å². The Balaban J connectivity index is 3.21. The van der Waals surface area contributed by atoms with E-state index in [0.717, 1.165) is 12.8 Å². The summed E-state index contributed by atoms with van der Waals surface area (Å²) in [5.41, 5.74) is 2.12. The quantitative estimate of drug-likeness (QED) is 0.314. The lowest BCUT2D eigenvalue weighted by atomic mass is 9.88. The molecule has 1 aliphatic carbocycles. The van der Waals surface area contributed by atoms with Crippen LogP contribution in [-0.2, 0) is 14.3 Å². The number of hydrogen-bond donors (Lipinski definition) is 4. The van der Waals surface area contributed by atoms with E-state index in [9.17, 15) is 14.7 Å². The molecular weight excluding hydrogens is 314 g/mol. The van der Waals surface area contributed by atoms with Crippen LogP contribution in [0.3, 0.4) is 0 Å². The van der Waals surface area contributed by atoms with Gasteiger partial charge in [0.05, 0.1) is 24.3 Å². The standard InChI is InChI=1S/C16H27N3O5/c1-5-12(6-2)24-14-8-11(16(21)22)7-13(17-9(3)19-23)15(14)18-10(4)20/h8,12-15,23H,5-7H2,1-4H3,(H,17,19)(H,18,20)(H,21,22)/t13-,14+,15+/m0/s1. The number of nitrogens with one attached hydrogen (secondary N) is 2. The summed E-state index contributed by atoms with van der Waals surface area (Å²) in [4.78, 5) is 27.3. The summed E-state index contributed by atoms with van der Waals surface area (Å²) in [5.74, 6) is -1.05. The molecule has 0 aromatic rings. The molecule has 0 radical (unpaired) electrons. The smallest absolute Gasteiger partial charge is 0.331 e. The molecule has 24 heavy (non-hydrogen) atoms. The van der Waals surface area contributed by atoms with Gasteiger partial charge < -0.3 is 15.2 Å². The van der Waals surface area contributed by atoms with Gasteiger partial charge in [0, 0.05) is 18.9 Å². The second-order valence-corrected chi connectivity index (χ2v) is 5.86. The number of rotatable bonds is 7. The number of carbonyl (C=O) groups excluding carboxylic acids is 1. The first-order valence-electron chi connectivity index (χ1n) is 8.13. The summed E-state index contributed by atoms with van der Waals surface area (Å²) in [6.45, 7) is 6.92. The summed E-state index contributed by atoms with van der Waals surface area (Å²) in [6.07, 6.45) is 2.61. The van der Waals surface area contributed by atoms with E-state index in [2.05, 4.69) is 10.3 Å². The molecule has 1 aliphatic rings. The van der Waals surface area contributed by atoms with Crippen LogP contribution < -0.4 is 10.8 Å². The molecule has 0 spiro atoms. The van der Waals surface area contributed by atoms with Gasteiger partial charge in [-0.15, -0.1) is 0 Å². The van der Waals surface area contributed by atoms with E-state index in [-0.39, 0.29) is 29.8 Å². The number of hydrogen-bond acceptors (Lipinski definition) is 5. The van der Waals surface area contributed by atoms with E-state index < -0.39 is 24.2 Å². The minimum atomic E-state index is -1.04. The molecule has 0 fully saturated rings. The topological polar surface area (TPSA) is 120 Å². The number of amides is 1. The van der Waals surface area contributed by atoms with Crippen LogP contribution in [-0.4, -0.2) is 52.3 Å². The number of hydroxylamine groups is 1. The lowest BCUT2D eigenvalue weighted by molar-refractivity contribution is -0.133. The number of carboxylic acids is 1. The van der Waals surface area contributed by atoms with E-state index in [4.69, 9.17) is 9.94 Å². The zero-order valence-electron chi connectivity index (χ0n) is 14.6. The Morgan fingerprint density at radius 1 is 1.38 bits per heavy atom. The van der Waals surface area contributed by atoms with Gasteiger partial charge >= 0.3 is 5.97 Å². The molecule has 0 aromatic carbocycles. The summed E-state index contributed by atoms with van der Waals surface area (Å²) in [5, 5.41) is 21.1. The highest BCUT2D eigenvalue weighted by molar-refractivity contribution is 5.87. The Hall–Kier alpha value is -1.93. The van der Waals surface area contributed by atoms with Gasteiger partial charge in [-0.3, -0.25) is 20.5 Å². The Morgan fingerprint density at radius 3 is 2.46 bits per heavy atom. The fourth-order valence-electron chi connectivity index (χ4n) is 2.74. The molecule has 0 aromatic heterocycles. The van der Waals surface area contributed by atoms with Crippen LogP contribution >= 0.6 is 0 Å². The van der Waals surface area contributed by atoms with E-state index in [0.29, 0.717) is 0 Å². The number of carboxylic acid groups (broad SMARTS) is 1. The van der Waals surface area contributed by atoms with Gasteiger partial charge in [-0.2, -0.15) is 0 Å². The van der Waals surface area contributed by atoms with Crippen molar-refractivity contribution in [2.24, 2.45) is 4.99 Å². The summed E-state index contributed by atoms with van der Waals surface area (Å²) in [6, 6.07) is -1.06. The van der Waals surface area contributed by atoms with Crippen LogP contribution in [0.1, 0.15) is 47.0 Å². The van der Waals surface area contributed by atoms with Crippen LogP contribution in [0.5, 0.6) is 0 Å². The van der Waals surface area contributed by atoms with Gasteiger partial charge in [-0.05, 0) is 25.8 Å². The molecule has 0 saturated heterocycles. The van der Waals surface area contributed by atoms with E-state index in [1.807, 2.05) is 19.3 Å². The Bertz CT molecular complexity index is 514. The maximum absolute atomic E-state index is 11.6. The van der Waals surface area contributed by atoms with Crippen molar-refractivity contribution in [3.63, 3.8) is 0 Å². The molecule has 136 valence electrons. The van der Waals surface area contributed by atoms with Crippen molar-refractivity contribution in [3.8, 4) is 0 Å². The van der Waals surface area contributed by atoms with Crippen LogP contribution in [0, 0.1) is 0 Å². The normalized spacial score (nSPS) is 24.5. The van der Waals surface area contributed by atoms with Crippen LogP contribution in [0.2, 0.25) is 0 Å². The molecule has 8 nitrogen and oxygen atoms in total. The van der Waals surface area contributed by atoms with Gasteiger partial charge in [0.1, 0.15) is 5.84 Å². The van der Waals surface area contributed by atoms with Gasteiger partial charge in [0.15, 0.2) is 0 Å². The lowest BCUT2D eigenvalue weighted by Crippen LogP contribution is -2.53. The summed E-state index contributed by atoms with van der Waals surface area (Å²) in [7, 11) is 0. The minimum Gasteiger partial charge on any atom is -0.478 e. The van der Waals surface area contributed by atoms with E-state index in [1.54, 1.807) is 13.0 Å². The molecule has 1 amide bonds. The SMILES string of the molecule is CCC(CC)O[C@@H]1C=C(C(=O)O)C[C@H](N=C(C)NO)[C@H]1NC(C)=O. The average Bonchev–Trinajstić information content (AvgIpc) is 2.53. The predicted molar refractivity (Wildman–Crippen MR) is 89.0 cm³/mol. The maximum atomic E-state index is 11.6. The zero-order chi connectivity index (χ0) is 18.3. The highest BCUT2D eigenvalue weighted by Gasteiger charge is 2.37. The third kappa shape index (κ3) is 5.61. The molecule has 1 rings (SSSR count). The highest BCUT2D eigenvalue weighted by atomic mass is 16.5. The molecule has 4 N–H and O–H groups in total. The predicted octanol–water partition coefficient (Wildman–Crippen LogP) is 1.25. The first kappa shape index (κ1) is 20.1.